The first kappa shape index (κ1) is 38.6. The molecule has 56 heavy (non-hydrogen) atoms. The van der Waals surface area contributed by atoms with Crippen LogP contribution in [-0.2, 0) is 33.2 Å². The number of fused-ring (bicyclic) bond motifs is 2. The number of hydrogen-bond acceptors (Lipinski definition) is 12. The number of sulfonamides is 1. The van der Waals surface area contributed by atoms with Gasteiger partial charge in [-0.1, -0.05) is 6.42 Å². The Morgan fingerprint density at radius 3 is 2.30 bits per heavy atom. The highest BCUT2D eigenvalue weighted by Crippen LogP contribution is 2.38. The molecular formula is C39H43N7O9S. The lowest BCUT2D eigenvalue weighted by Crippen LogP contribution is -2.57. The lowest BCUT2D eigenvalue weighted by Gasteiger charge is -2.39. The average molecular weight is 786 g/mol. The summed E-state index contributed by atoms with van der Waals surface area (Å²) in [6, 6.07) is 9.43. The molecule has 1 unspecified atom stereocenters. The van der Waals surface area contributed by atoms with E-state index in [1.807, 2.05) is 17.0 Å². The lowest BCUT2D eigenvalue weighted by molar-refractivity contribution is -0.136. The van der Waals surface area contributed by atoms with Crippen LogP contribution < -0.4 is 30.4 Å². The van der Waals surface area contributed by atoms with Crippen molar-refractivity contribution in [2.75, 3.05) is 45.7 Å². The van der Waals surface area contributed by atoms with Gasteiger partial charge >= 0.3 is 0 Å². The Bertz CT molecular complexity index is 2380. The maximum atomic E-state index is 13.1. The van der Waals surface area contributed by atoms with E-state index in [2.05, 4.69) is 20.3 Å². The van der Waals surface area contributed by atoms with Crippen molar-refractivity contribution in [3.63, 3.8) is 0 Å². The van der Waals surface area contributed by atoms with Gasteiger partial charge in [-0.15, -0.1) is 0 Å². The summed E-state index contributed by atoms with van der Waals surface area (Å²) >= 11 is 0. The highest BCUT2D eigenvalue weighted by molar-refractivity contribution is 7.90. The maximum Gasteiger partial charge on any atom is 0.262 e. The lowest BCUT2D eigenvalue weighted by atomic mass is 9.98. The first-order chi connectivity index (χ1) is 26.9. The predicted molar refractivity (Wildman–Crippen MR) is 207 cm³/mol. The number of imide groups is 2. The van der Waals surface area contributed by atoms with Crippen molar-refractivity contribution >= 4 is 50.1 Å². The van der Waals surface area contributed by atoms with Gasteiger partial charge in [0.15, 0.2) is 0 Å². The molecule has 17 heteroatoms. The van der Waals surface area contributed by atoms with Crippen molar-refractivity contribution in [2.24, 2.45) is 7.05 Å². The van der Waals surface area contributed by atoms with E-state index in [1.54, 1.807) is 64.1 Å². The van der Waals surface area contributed by atoms with Gasteiger partial charge < -0.3 is 19.4 Å². The van der Waals surface area contributed by atoms with Gasteiger partial charge in [0.25, 0.3) is 17.4 Å². The van der Waals surface area contributed by atoms with E-state index in [9.17, 15) is 32.4 Å². The van der Waals surface area contributed by atoms with Gasteiger partial charge in [0.2, 0.25) is 21.8 Å². The second-order valence-corrected chi connectivity index (χ2v) is 16.2. The number of carbonyl (C=O) groups excluding carboxylic acids is 4. The minimum Gasteiger partial charge on any atom is -0.496 e. The molecule has 2 aromatic carbocycles. The molecule has 0 bridgehead atoms. The van der Waals surface area contributed by atoms with Crippen LogP contribution in [0, 0.1) is 0 Å². The largest absolute Gasteiger partial charge is 0.496 e. The number of amides is 4. The molecule has 3 aliphatic heterocycles. The van der Waals surface area contributed by atoms with Crippen molar-refractivity contribution in [2.45, 2.75) is 49.9 Å². The number of carbonyl (C=O) groups is 4. The Morgan fingerprint density at radius 2 is 1.59 bits per heavy atom. The van der Waals surface area contributed by atoms with Crippen LogP contribution in [0.4, 0.5) is 5.69 Å². The second kappa shape index (κ2) is 15.8. The SMILES string of the molecule is COc1cc(-c2cn(C)c(=O)c3cnccc23)cc(OC)c1CN1CC(S(=O)(=O)NCCCCCNc2ccc3c(c2)C(=O)N(C2CCC(=O)NC2=O)C3=O)C1. The van der Waals surface area contributed by atoms with Crippen molar-refractivity contribution < 1.29 is 37.1 Å². The van der Waals surface area contributed by atoms with Gasteiger partial charge in [0.1, 0.15) is 22.8 Å². The van der Waals surface area contributed by atoms with Gasteiger partial charge in [0, 0.05) is 76.0 Å². The van der Waals surface area contributed by atoms with Crippen LogP contribution in [0.1, 0.15) is 58.4 Å². The summed E-state index contributed by atoms with van der Waals surface area (Å²) in [7, 11) is 1.32. The fourth-order valence-corrected chi connectivity index (χ4v) is 8.96. The summed E-state index contributed by atoms with van der Waals surface area (Å²) in [6.45, 7) is 2.01. The molecule has 1 atom stereocenters. The van der Waals surface area contributed by atoms with Crippen LogP contribution in [-0.4, -0.2) is 103 Å². The molecule has 4 aromatic rings. The molecule has 16 nitrogen and oxygen atoms in total. The Labute approximate surface area is 323 Å². The minimum absolute atomic E-state index is 0.0548. The van der Waals surface area contributed by atoms with E-state index >= 15 is 0 Å². The van der Waals surface area contributed by atoms with Gasteiger partial charge in [-0.25, -0.2) is 13.1 Å². The number of ether oxygens (including phenoxy) is 2. The Balaban J connectivity index is 0.866. The number of nitrogens with zero attached hydrogens (tertiary/aromatic N) is 4. The number of aromatic nitrogens is 2. The third-order valence-corrected chi connectivity index (χ3v) is 12.4. The fraction of sp³-hybridized carbons (Fsp3) is 0.385. The highest BCUT2D eigenvalue weighted by atomic mass is 32.2. The van der Waals surface area contributed by atoms with Crippen LogP contribution >= 0.6 is 0 Å². The number of rotatable bonds is 15. The van der Waals surface area contributed by atoms with Gasteiger partial charge in [-0.2, -0.15) is 0 Å². The Kier molecular flexibility index (Phi) is 10.9. The molecule has 294 valence electrons. The molecule has 4 amide bonds. The summed E-state index contributed by atoms with van der Waals surface area (Å²) in [5.74, 6) is -1.02. The molecule has 3 N–H and O–H groups in total. The molecular weight excluding hydrogens is 743 g/mol. The van der Waals surface area contributed by atoms with E-state index in [4.69, 9.17) is 9.47 Å². The minimum atomic E-state index is -3.53. The zero-order valence-corrected chi connectivity index (χ0v) is 32.1. The van der Waals surface area contributed by atoms with Crippen molar-refractivity contribution in [3.05, 3.63) is 82.0 Å². The predicted octanol–water partition coefficient (Wildman–Crippen LogP) is 2.40. The number of likely N-dealkylation sites (tertiary alicyclic amines) is 1. The smallest absolute Gasteiger partial charge is 0.262 e. The molecule has 0 spiro atoms. The number of pyridine rings is 2. The normalized spacial score (nSPS) is 17.6. The van der Waals surface area contributed by atoms with Crippen LogP contribution in [0.25, 0.3) is 21.9 Å². The van der Waals surface area contributed by atoms with Crippen LogP contribution in [0.2, 0.25) is 0 Å². The topological polar surface area (TPSA) is 198 Å². The number of piperidine rings is 1. The van der Waals surface area contributed by atoms with E-state index in [-0.39, 0.29) is 29.5 Å². The van der Waals surface area contributed by atoms with E-state index in [0.29, 0.717) is 61.7 Å². The van der Waals surface area contributed by atoms with E-state index in [1.165, 1.54) is 4.57 Å². The fourth-order valence-electron chi connectivity index (χ4n) is 7.48. The molecule has 5 heterocycles. The number of nitrogens with one attached hydrogen (secondary N) is 3. The molecule has 7 rings (SSSR count). The third-order valence-electron chi connectivity index (χ3n) is 10.6. The zero-order chi connectivity index (χ0) is 39.7. The third kappa shape index (κ3) is 7.48. The summed E-state index contributed by atoms with van der Waals surface area (Å²) in [5.41, 5.74) is 3.34. The molecule has 0 saturated carbocycles. The van der Waals surface area contributed by atoms with Gasteiger partial charge in [-0.05, 0) is 66.6 Å². The number of benzene rings is 2. The van der Waals surface area contributed by atoms with Crippen LogP contribution in [0.5, 0.6) is 11.5 Å². The molecule has 3 aliphatic rings. The van der Waals surface area contributed by atoms with Crippen molar-refractivity contribution in [3.8, 4) is 22.6 Å². The number of anilines is 1. The number of aryl methyl sites for hydroxylation is 1. The number of unbranched alkanes of at least 4 members (excludes halogenated alkanes) is 2. The van der Waals surface area contributed by atoms with Crippen molar-refractivity contribution in [1.82, 2.24) is 29.4 Å². The zero-order valence-electron chi connectivity index (χ0n) is 31.3. The first-order valence-corrected chi connectivity index (χ1v) is 19.9. The maximum absolute atomic E-state index is 13.1. The summed E-state index contributed by atoms with van der Waals surface area (Å²) in [5, 5.41) is 6.15. The molecule has 2 saturated heterocycles. The summed E-state index contributed by atoms with van der Waals surface area (Å²) in [4.78, 5) is 69.6. The van der Waals surface area contributed by atoms with Gasteiger partial charge in [-0.3, -0.25) is 44.1 Å². The summed E-state index contributed by atoms with van der Waals surface area (Å²) < 4.78 is 42.0. The molecule has 0 aliphatic carbocycles. The van der Waals surface area contributed by atoms with Crippen LogP contribution in [0.3, 0.4) is 0 Å². The van der Waals surface area contributed by atoms with E-state index in [0.717, 1.165) is 39.8 Å². The first-order valence-electron chi connectivity index (χ1n) is 18.4. The molecule has 2 aromatic heterocycles. The molecule has 2 fully saturated rings. The summed E-state index contributed by atoms with van der Waals surface area (Å²) in [6.07, 6.45) is 7.26. The van der Waals surface area contributed by atoms with E-state index < -0.39 is 44.9 Å². The van der Waals surface area contributed by atoms with Crippen LogP contribution in [0.15, 0.2) is 59.8 Å². The number of hydrogen-bond donors (Lipinski definition) is 3. The number of methoxy groups -OCH3 is 2. The average Bonchev–Trinajstić information content (AvgIpc) is 3.41. The Morgan fingerprint density at radius 1 is 0.875 bits per heavy atom. The van der Waals surface area contributed by atoms with Gasteiger partial charge in [0.05, 0.1) is 36.3 Å². The second-order valence-electron chi connectivity index (χ2n) is 14.2. The monoisotopic (exact) mass is 785 g/mol. The van der Waals surface area contributed by atoms with Crippen molar-refractivity contribution in [1.29, 1.82) is 0 Å². The molecule has 0 radical (unpaired) electrons. The highest BCUT2D eigenvalue weighted by Gasteiger charge is 2.44. The standard InChI is InChI=1S/C39H43N7O9S/c1-44-21-30(26-11-14-40-18-29(26)37(44)49)23-15-33(54-2)31(34(16-23)55-3)22-45-19-25(20-45)56(52,53)42-13-6-4-5-12-41-24-7-8-27-28(17-24)39(51)46(38(27)50)32-9-10-35(47)43-36(32)48/h7-8,11,14-18,21,25,32,41-42H,4-6,9-10,12-13,19-20,22H2,1-3H3,(H,43,47,48). The quantitative estimate of drug-likeness (QED) is 0.118. The Hall–Kier alpha value is -5.65.